The molecule has 1 unspecified atom stereocenters. The number of benzene rings is 4. The highest BCUT2D eigenvalue weighted by Gasteiger charge is 2.23. The van der Waals surface area contributed by atoms with Crippen LogP contribution in [0, 0.1) is 6.92 Å². The predicted octanol–water partition coefficient (Wildman–Crippen LogP) is 7.08. The van der Waals surface area contributed by atoms with Crippen LogP contribution in [0.25, 0.3) is 32.9 Å². The summed E-state index contributed by atoms with van der Waals surface area (Å²) >= 11 is 0. The Morgan fingerprint density at radius 2 is 1.70 bits per heavy atom. The van der Waals surface area contributed by atoms with Gasteiger partial charge in [0.05, 0.1) is 0 Å². The van der Waals surface area contributed by atoms with Crippen LogP contribution in [0.5, 0.6) is 5.75 Å². The summed E-state index contributed by atoms with van der Waals surface area (Å²) in [5, 5.41) is 18.3. The highest BCUT2D eigenvalue weighted by Crippen LogP contribution is 2.31. The van der Waals surface area contributed by atoms with Crippen LogP contribution in [0.3, 0.4) is 0 Å². The van der Waals surface area contributed by atoms with Crippen LogP contribution >= 0.6 is 0 Å². The van der Waals surface area contributed by atoms with Crippen molar-refractivity contribution in [3.8, 4) is 16.9 Å². The summed E-state index contributed by atoms with van der Waals surface area (Å²) in [7, 11) is 0. The maximum absolute atomic E-state index is 13.6. The fourth-order valence-corrected chi connectivity index (χ4v) is 5.29. The zero-order chi connectivity index (χ0) is 31.1. The molecule has 0 fully saturated rings. The fourth-order valence-electron chi connectivity index (χ4n) is 5.29. The van der Waals surface area contributed by atoms with Gasteiger partial charge in [-0.3, -0.25) is 14.6 Å². The van der Waals surface area contributed by atoms with E-state index in [-0.39, 0.29) is 17.6 Å². The third-order valence-electron chi connectivity index (χ3n) is 7.41. The number of aromatic amines is 1. The number of pyridine rings is 1. The summed E-state index contributed by atoms with van der Waals surface area (Å²) < 4.78 is 0. The van der Waals surface area contributed by atoms with E-state index in [1.165, 1.54) is 0 Å². The van der Waals surface area contributed by atoms with Crippen molar-refractivity contribution in [2.75, 3.05) is 0 Å². The number of aryl methyl sites for hydroxylation is 1. The minimum Gasteiger partial charge on any atom is -0.506 e. The lowest BCUT2D eigenvalue weighted by Crippen LogP contribution is -2.47. The monoisotopic (exact) mass is 584 g/mol. The van der Waals surface area contributed by atoms with Crippen LogP contribution in [0.4, 0.5) is 0 Å². The molecule has 0 saturated carbocycles. The molecule has 0 saturated heterocycles. The van der Waals surface area contributed by atoms with E-state index in [9.17, 15) is 14.7 Å². The minimum absolute atomic E-state index is 0.0713. The number of nitrogens with one attached hydrogen (secondary N) is 3. The van der Waals surface area contributed by atoms with Crippen LogP contribution in [-0.4, -0.2) is 32.9 Å². The summed E-state index contributed by atoms with van der Waals surface area (Å²) in [5.74, 6) is -0.556. The van der Waals surface area contributed by atoms with Crippen LogP contribution in [0.2, 0.25) is 0 Å². The van der Waals surface area contributed by atoms with Gasteiger partial charge in [-0.05, 0) is 65.6 Å². The summed E-state index contributed by atoms with van der Waals surface area (Å²) in [4.78, 5) is 34.6. The lowest BCUT2D eigenvalue weighted by molar-refractivity contribution is -0.123. The molecule has 4 aromatic carbocycles. The van der Waals surface area contributed by atoms with Crippen LogP contribution in [0.15, 0.2) is 109 Å². The molecular weight excluding hydrogens is 548 g/mol. The zero-order valence-corrected chi connectivity index (χ0v) is 25.1. The highest BCUT2D eigenvalue weighted by atomic mass is 16.3. The number of rotatable bonds is 8. The van der Waals surface area contributed by atoms with E-state index in [0.717, 1.165) is 44.1 Å². The van der Waals surface area contributed by atoms with Gasteiger partial charge in [-0.2, -0.15) is 0 Å². The number of hydrogen-bond donors (Lipinski definition) is 4. The second-order valence-electron chi connectivity index (χ2n) is 10.4. The van der Waals surface area contributed by atoms with Gasteiger partial charge in [-0.25, -0.2) is 0 Å². The Morgan fingerprint density at radius 1 is 0.886 bits per heavy atom. The number of aromatic hydroxyl groups is 1. The third-order valence-corrected chi connectivity index (χ3v) is 7.41. The second kappa shape index (κ2) is 13.7. The van der Waals surface area contributed by atoms with Gasteiger partial charge in [-0.15, -0.1) is 0 Å². The molecule has 0 bridgehead atoms. The first-order valence-electron chi connectivity index (χ1n) is 14.8. The van der Waals surface area contributed by atoms with Gasteiger partial charge in [0.15, 0.2) is 0 Å². The number of carbonyl (C=O) groups excluding carboxylic acids is 2. The number of phenolic OH excluding ortho intramolecular Hbond substituents is 1. The molecule has 2 amide bonds. The molecular formula is C37H36N4O3. The molecule has 2 aromatic heterocycles. The topological polar surface area (TPSA) is 107 Å². The van der Waals surface area contributed by atoms with Crippen molar-refractivity contribution in [2.24, 2.45) is 0 Å². The molecule has 0 radical (unpaired) electrons. The van der Waals surface area contributed by atoms with Crippen molar-refractivity contribution in [3.63, 3.8) is 0 Å². The quantitative estimate of drug-likeness (QED) is 0.153. The molecule has 2 heterocycles. The van der Waals surface area contributed by atoms with Crippen molar-refractivity contribution < 1.29 is 14.7 Å². The van der Waals surface area contributed by atoms with Crippen molar-refractivity contribution in [1.82, 2.24) is 20.6 Å². The van der Waals surface area contributed by atoms with Gasteiger partial charge < -0.3 is 20.7 Å². The lowest BCUT2D eigenvalue weighted by Gasteiger charge is -2.19. The Kier molecular flexibility index (Phi) is 9.35. The predicted molar refractivity (Wildman–Crippen MR) is 176 cm³/mol. The SMILES string of the molecule is CC.Cc1cccc(CNC(=O)C(Cc2c[nH]c3ccccc23)NC(=O)c2cccc(-c3cc(O)c4ncccc4c3)c2)c1. The molecule has 44 heavy (non-hydrogen) atoms. The van der Waals surface area contributed by atoms with E-state index in [2.05, 4.69) is 20.6 Å². The molecule has 6 aromatic rings. The third kappa shape index (κ3) is 6.79. The van der Waals surface area contributed by atoms with Crippen molar-refractivity contribution in [2.45, 2.75) is 39.8 Å². The molecule has 0 aliphatic heterocycles. The van der Waals surface area contributed by atoms with E-state index >= 15 is 0 Å². The zero-order valence-electron chi connectivity index (χ0n) is 25.1. The Labute approximate surface area is 257 Å². The van der Waals surface area contributed by atoms with Crippen LogP contribution < -0.4 is 10.6 Å². The Balaban J connectivity index is 0.00000188. The van der Waals surface area contributed by atoms with Gasteiger partial charge in [0, 0.05) is 47.2 Å². The maximum atomic E-state index is 13.6. The lowest BCUT2D eigenvalue weighted by atomic mass is 9.99. The molecule has 4 N–H and O–H groups in total. The molecule has 0 aliphatic rings. The Bertz CT molecular complexity index is 1930. The van der Waals surface area contributed by atoms with Gasteiger partial charge in [0.1, 0.15) is 17.3 Å². The molecule has 222 valence electrons. The number of carbonyl (C=O) groups is 2. The first-order chi connectivity index (χ1) is 21.4. The van der Waals surface area contributed by atoms with Gasteiger partial charge in [-0.1, -0.05) is 80.1 Å². The number of aromatic nitrogens is 2. The first kappa shape index (κ1) is 30.0. The number of para-hydroxylation sites is 1. The standard InChI is InChI=1S/C35H30N4O3.C2H6/c1-22-7-4-8-23(15-22)20-38-35(42)31(18-28-21-37-30-13-3-2-12-29(28)30)39-34(41)26-10-5-9-24(16-26)27-17-25-11-6-14-36-33(25)32(40)19-27;1-2/h2-17,19,21,31,37,40H,18,20H2,1H3,(H,38,42)(H,39,41);1-2H3. The average Bonchev–Trinajstić information content (AvgIpc) is 3.47. The minimum atomic E-state index is -0.805. The molecule has 7 heteroatoms. The van der Waals surface area contributed by atoms with Crippen molar-refractivity contribution in [1.29, 1.82) is 0 Å². The molecule has 7 nitrogen and oxygen atoms in total. The Morgan fingerprint density at radius 3 is 2.55 bits per heavy atom. The smallest absolute Gasteiger partial charge is 0.251 e. The number of H-pyrrole nitrogens is 1. The van der Waals surface area contributed by atoms with Gasteiger partial charge in [0.25, 0.3) is 5.91 Å². The fraction of sp³-hybridized carbons (Fsp3) is 0.162. The number of fused-ring (bicyclic) bond motifs is 2. The van der Waals surface area contributed by atoms with E-state index in [4.69, 9.17) is 0 Å². The number of phenols is 1. The first-order valence-corrected chi connectivity index (χ1v) is 14.8. The normalized spacial score (nSPS) is 11.4. The van der Waals surface area contributed by atoms with Gasteiger partial charge in [0.2, 0.25) is 5.91 Å². The summed E-state index contributed by atoms with van der Waals surface area (Å²) in [5.41, 5.74) is 6.47. The Hall–Kier alpha value is -5.43. The molecule has 6 rings (SSSR count). The van der Waals surface area contributed by atoms with E-state index in [0.29, 0.717) is 24.0 Å². The summed E-state index contributed by atoms with van der Waals surface area (Å²) in [6, 6.07) is 29.5. The molecule has 0 spiro atoms. The average molecular weight is 585 g/mol. The molecule has 1 atom stereocenters. The van der Waals surface area contributed by atoms with Crippen molar-refractivity contribution >= 4 is 33.6 Å². The van der Waals surface area contributed by atoms with Crippen LogP contribution in [0.1, 0.15) is 40.9 Å². The van der Waals surface area contributed by atoms with Crippen molar-refractivity contribution in [3.05, 3.63) is 132 Å². The number of nitrogens with zero attached hydrogens (tertiary/aromatic N) is 1. The largest absolute Gasteiger partial charge is 0.506 e. The number of amides is 2. The second-order valence-corrected chi connectivity index (χ2v) is 10.4. The van der Waals surface area contributed by atoms with E-state index in [1.54, 1.807) is 30.5 Å². The maximum Gasteiger partial charge on any atom is 0.251 e. The molecule has 0 aliphatic carbocycles. The summed E-state index contributed by atoms with van der Waals surface area (Å²) in [6.45, 7) is 6.37. The highest BCUT2D eigenvalue weighted by molar-refractivity contribution is 5.99. The van der Waals surface area contributed by atoms with E-state index in [1.807, 2.05) is 99.8 Å². The van der Waals surface area contributed by atoms with Gasteiger partial charge >= 0.3 is 0 Å². The summed E-state index contributed by atoms with van der Waals surface area (Å²) in [6.07, 6.45) is 3.84. The van der Waals surface area contributed by atoms with Crippen LogP contribution in [-0.2, 0) is 17.8 Å². The van der Waals surface area contributed by atoms with E-state index < -0.39 is 6.04 Å². The number of hydrogen-bond acceptors (Lipinski definition) is 4.